The van der Waals surface area contributed by atoms with Gasteiger partial charge in [0.1, 0.15) is 0 Å². The Morgan fingerprint density at radius 1 is 0.930 bits per heavy atom. The van der Waals surface area contributed by atoms with Gasteiger partial charge in [0.25, 0.3) is 0 Å². The maximum absolute atomic E-state index is 16.7. The fourth-order valence-corrected chi connectivity index (χ4v) is 13.2. The Hall–Kier alpha value is -0.586. The van der Waals surface area contributed by atoms with Gasteiger partial charge in [0.05, 0.1) is 25.4 Å². The molecule has 0 N–H and O–H groups in total. The van der Waals surface area contributed by atoms with E-state index in [0.717, 1.165) is 49.1 Å². The monoisotopic (exact) mass is 644 g/mol. The maximum Gasteiger partial charge on any atom is 0.305 e. The number of hydrogen-bond donors (Lipinski definition) is 0. The lowest BCUT2D eigenvalue weighted by atomic mass is 9.86. The molecule has 0 spiro atoms. The standard InChI is InChI=1S/C34H65FO6Si2/c1-10-17-18-21-27(40-42(11-2,12-3)13-4)23-24-28-29(41-43(14-5,15-6)16-7)26-30-32(28)33(35)34(38-9,39-30)25-20-19-22-31(36)37-8/h23-24,27-30,32-33H,10-22,25-26H2,1-9H3/b24-23+/t27-,28?,29+,30-,32+,33-,34-/m0/s1. The largest absolute Gasteiger partial charge is 0.469 e. The number of methoxy groups -OCH3 is 2. The Balaban J connectivity index is 2.39. The molecule has 9 heteroatoms. The van der Waals surface area contributed by atoms with Crippen LogP contribution < -0.4 is 0 Å². The molecule has 0 radical (unpaired) electrons. The molecule has 0 aromatic rings. The number of alkyl halides is 1. The summed E-state index contributed by atoms with van der Waals surface area (Å²) in [5, 5.41) is 0. The molecule has 1 unspecified atom stereocenters. The van der Waals surface area contributed by atoms with Gasteiger partial charge < -0.3 is 23.1 Å². The number of ether oxygens (including phenoxy) is 3. The first-order valence-electron chi connectivity index (χ1n) is 17.6. The van der Waals surface area contributed by atoms with E-state index >= 15 is 4.39 Å². The normalized spacial score (nSPS) is 28.5. The topological polar surface area (TPSA) is 63.2 Å². The van der Waals surface area contributed by atoms with E-state index in [9.17, 15) is 4.79 Å². The lowest BCUT2D eigenvalue weighted by molar-refractivity contribution is -0.240. The quantitative estimate of drug-likeness (QED) is 0.0507. The van der Waals surface area contributed by atoms with Gasteiger partial charge in [-0.25, -0.2) is 4.39 Å². The van der Waals surface area contributed by atoms with E-state index in [1.54, 1.807) is 7.11 Å². The van der Waals surface area contributed by atoms with E-state index in [1.807, 2.05) is 0 Å². The van der Waals surface area contributed by atoms with Crippen molar-refractivity contribution in [1.82, 2.24) is 0 Å². The van der Waals surface area contributed by atoms with Crippen molar-refractivity contribution in [2.24, 2.45) is 11.8 Å². The molecule has 2 fully saturated rings. The minimum Gasteiger partial charge on any atom is -0.469 e. The van der Waals surface area contributed by atoms with Crippen LogP contribution in [0.2, 0.25) is 36.3 Å². The van der Waals surface area contributed by atoms with Gasteiger partial charge in [-0.15, -0.1) is 0 Å². The van der Waals surface area contributed by atoms with E-state index in [4.69, 9.17) is 23.1 Å². The number of rotatable bonds is 22. The van der Waals surface area contributed by atoms with Crippen molar-refractivity contribution in [3.63, 3.8) is 0 Å². The van der Waals surface area contributed by atoms with Crippen LogP contribution in [0.4, 0.5) is 4.39 Å². The highest BCUT2D eigenvalue weighted by atomic mass is 28.4. The molecule has 7 atom stereocenters. The number of carbonyl (C=O) groups is 1. The van der Waals surface area contributed by atoms with Crippen LogP contribution in [0.1, 0.15) is 106 Å². The Morgan fingerprint density at radius 3 is 2.09 bits per heavy atom. The zero-order valence-electron chi connectivity index (χ0n) is 29.1. The van der Waals surface area contributed by atoms with Crippen molar-refractivity contribution in [3.8, 4) is 0 Å². The van der Waals surface area contributed by atoms with Gasteiger partial charge in [-0.1, -0.05) is 79.9 Å². The predicted molar refractivity (Wildman–Crippen MR) is 179 cm³/mol. The summed E-state index contributed by atoms with van der Waals surface area (Å²) < 4.78 is 48.0. The molecule has 2 aliphatic rings. The minimum absolute atomic E-state index is 0.0502. The molecule has 1 heterocycles. The second-order valence-electron chi connectivity index (χ2n) is 12.9. The van der Waals surface area contributed by atoms with E-state index in [2.05, 4.69) is 60.6 Å². The molecule has 1 aliphatic heterocycles. The number of unbranched alkanes of at least 4 members (excludes halogenated alkanes) is 3. The molecule has 0 aromatic heterocycles. The average Bonchev–Trinajstić information content (AvgIpc) is 3.51. The highest BCUT2D eigenvalue weighted by Crippen LogP contribution is 2.53. The van der Waals surface area contributed by atoms with Gasteiger partial charge >= 0.3 is 5.97 Å². The van der Waals surface area contributed by atoms with Gasteiger partial charge in [-0.05, 0) is 61.9 Å². The zero-order valence-corrected chi connectivity index (χ0v) is 31.1. The zero-order chi connectivity index (χ0) is 32.1. The third-order valence-corrected chi connectivity index (χ3v) is 20.3. The highest BCUT2D eigenvalue weighted by molar-refractivity contribution is 6.74. The van der Waals surface area contributed by atoms with E-state index in [1.165, 1.54) is 20.0 Å². The maximum atomic E-state index is 16.7. The van der Waals surface area contributed by atoms with Gasteiger partial charge in [0, 0.05) is 31.8 Å². The molecule has 0 amide bonds. The second kappa shape index (κ2) is 18.5. The SMILES string of the molecule is CCCCC[C@@H](/C=C/C1[C@@H]2[C@H](C[C@H]1O[Si](CC)(CC)CC)O[C@](CCCCC(=O)OC)(OC)[C@H]2F)O[Si](CC)(CC)CC. The van der Waals surface area contributed by atoms with Crippen LogP contribution in [0.5, 0.6) is 0 Å². The number of esters is 1. The molecule has 1 saturated heterocycles. The Kier molecular flexibility index (Phi) is 16.6. The van der Waals surface area contributed by atoms with Crippen LogP contribution in [0, 0.1) is 11.8 Å². The first-order chi connectivity index (χ1) is 20.6. The van der Waals surface area contributed by atoms with E-state index < -0.39 is 28.6 Å². The van der Waals surface area contributed by atoms with E-state index in [0.29, 0.717) is 32.1 Å². The molecule has 0 aromatic carbocycles. The van der Waals surface area contributed by atoms with Crippen molar-refractivity contribution < 1.29 is 32.2 Å². The lowest BCUT2D eigenvalue weighted by Crippen LogP contribution is -2.45. The summed E-state index contributed by atoms with van der Waals surface area (Å²) in [6.07, 6.45) is 10.1. The first kappa shape index (κ1) is 38.6. The summed E-state index contributed by atoms with van der Waals surface area (Å²) in [7, 11) is -0.795. The number of fused-ring (bicyclic) bond motifs is 1. The summed E-state index contributed by atoms with van der Waals surface area (Å²) in [5.41, 5.74) is 0. The molecule has 43 heavy (non-hydrogen) atoms. The van der Waals surface area contributed by atoms with Crippen LogP contribution >= 0.6 is 0 Å². The highest BCUT2D eigenvalue weighted by Gasteiger charge is 2.63. The van der Waals surface area contributed by atoms with Crippen molar-refractivity contribution >= 4 is 22.6 Å². The molecule has 1 aliphatic carbocycles. The summed E-state index contributed by atoms with van der Waals surface area (Å²) in [4.78, 5) is 11.6. The van der Waals surface area contributed by atoms with Crippen molar-refractivity contribution in [2.45, 2.75) is 173 Å². The second-order valence-corrected chi connectivity index (χ2v) is 22.4. The van der Waals surface area contributed by atoms with Gasteiger partial charge in [-0.3, -0.25) is 4.79 Å². The van der Waals surface area contributed by atoms with Crippen LogP contribution in [-0.4, -0.2) is 67.1 Å². The molecule has 252 valence electrons. The van der Waals surface area contributed by atoms with E-state index in [-0.39, 0.29) is 36.1 Å². The van der Waals surface area contributed by atoms with Crippen molar-refractivity contribution in [1.29, 1.82) is 0 Å². The Bertz CT molecular complexity index is 819. The summed E-state index contributed by atoms with van der Waals surface area (Å²) in [5.74, 6) is -1.96. The van der Waals surface area contributed by atoms with Crippen LogP contribution in [0.15, 0.2) is 12.2 Å². The van der Waals surface area contributed by atoms with Crippen LogP contribution in [0.3, 0.4) is 0 Å². The van der Waals surface area contributed by atoms with Crippen LogP contribution in [-0.2, 0) is 27.9 Å². The predicted octanol–water partition coefficient (Wildman–Crippen LogP) is 9.35. The smallest absolute Gasteiger partial charge is 0.305 e. The lowest BCUT2D eigenvalue weighted by Gasteiger charge is -2.37. The molecule has 2 rings (SSSR count). The number of halogens is 1. The minimum atomic E-state index is -1.93. The summed E-state index contributed by atoms with van der Waals surface area (Å²) >= 11 is 0. The third-order valence-electron chi connectivity index (χ3n) is 10.9. The summed E-state index contributed by atoms with van der Waals surface area (Å²) in [6.45, 7) is 15.8. The van der Waals surface area contributed by atoms with Crippen molar-refractivity contribution in [3.05, 3.63) is 12.2 Å². The van der Waals surface area contributed by atoms with Gasteiger partial charge in [-0.2, -0.15) is 0 Å². The molecule has 0 bridgehead atoms. The molecular formula is C34H65FO6Si2. The summed E-state index contributed by atoms with van der Waals surface area (Å²) in [6, 6.07) is 6.52. The average molecular weight is 645 g/mol. The van der Waals surface area contributed by atoms with Crippen molar-refractivity contribution in [2.75, 3.05) is 14.2 Å². The Labute approximate surface area is 265 Å². The fourth-order valence-electron chi connectivity index (χ4n) is 7.43. The third kappa shape index (κ3) is 9.71. The molecular weight excluding hydrogens is 580 g/mol. The molecule has 6 nitrogen and oxygen atoms in total. The molecule has 1 saturated carbocycles. The number of hydrogen-bond acceptors (Lipinski definition) is 6. The first-order valence-corrected chi connectivity index (χ1v) is 22.7. The Morgan fingerprint density at radius 2 is 1.56 bits per heavy atom. The number of carbonyl (C=O) groups excluding carboxylic acids is 1. The fraction of sp³-hybridized carbons (Fsp3) is 0.912. The van der Waals surface area contributed by atoms with Gasteiger partial charge in [0.15, 0.2) is 28.6 Å². The van der Waals surface area contributed by atoms with Crippen LogP contribution in [0.25, 0.3) is 0 Å². The van der Waals surface area contributed by atoms with Gasteiger partial charge in [0.2, 0.25) is 0 Å².